The highest BCUT2D eigenvalue weighted by Crippen LogP contribution is 2.27. The van der Waals surface area contributed by atoms with Crippen molar-refractivity contribution in [3.05, 3.63) is 59.9 Å². The monoisotopic (exact) mass is 341 g/mol. The lowest BCUT2D eigenvalue weighted by atomic mass is 10.1. The molecule has 0 aromatic heterocycles. The Morgan fingerprint density at radius 2 is 2.00 bits per heavy atom. The van der Waals surface area contributed by atoms with Crippen molar-refractivity contribution >= 4 is 17.3 Å². The molecule has 1 heterocycles. The Labute approximate surface area is 148 Å². The molecular weight excluding hydrogens is 317 g/mol. The average molecular weight is 341 g/mol. The van der Waals surface area contributed by atoms with Crippen molar-refractivity contribution in [1.82, 2.24) is 4.90 Å². The largest absolute Gasteiger partial charge is 0.381 e. The molecule has 1 amide bonds. The highest BCUT2D eigenvalue weighted by atomic mass is 19.1. The van der Waals surface area contributed by atoms with E-state index in [9.17, 15) is 9.18 Å². The highest BCUT2D eigenvalue weighted by Gasteiger charge is 2.26. The van der Waals surface area contributed by atoms with Crippen LogP contribution in [0.4, 0.5) is 15.8 Å². The molecule has 2 N–H and O–H groups in total. The summed E-state index contributed by atoms with van der Waals surface area (Å²) >= 11 is 0. The molecule has 3 rings (SSSR count). The van der Waals surface area contributed by atoms with E-state index in [-0.39, 0.29) is 11.6 Å². The van der Waals surface area contributed by atoms with E-state index in [0.717, 1.165) is 25.2 Å². The first-order valence-electron chi connectivity index (χ1n) is 8.65. The summed E-state index contributed by atoms with van der Waals surface area (Å²) in [7, 11) is 0. The lowest BCUT2D eigenvalue weighted by Crippen LogP contribution is -2.28. The quantitative estimate of drug-likeness (QED) is 0.863. The number of halogens is 1. The van der Waals surface area contributed by atoms with Crippen molar-refractivity contribution in [2.75, 3.05) is 23.7 Å². The molecule has 25 heavy (non-hydrogen) atoms. The van der Waals surface area contributed by atoms with Crippen molar-refractivity contribution in [2.45, 2.75) is 32.4 Å². The predicted octanol–water partition coefficient (Wildman–Crippen LogP) is 4.03. The van der Waals surface area contributed by atoms with Crippen LogP contribution in [0.3, 0.4) is 0 Å². The molecular formula is C20H24FN3O. The fraction of sp³-hybridized carbons (Fsp3) is 0.350. The van der Waals surface area contributed by atoms with Crippen LogP contribution in [0, 0.1) is 5.82 Å². The normalized spacial score (nSPS) is 18.8. The number of likely N-dealkylation sites (tertiary alicyclic amines) is 1. The van der Waals surface area contributed by atoms with Gasteiger partial charge < -0.3 is 10.6 Å². The molecule has 1 aliphatic rings. The van der Waals surface area contributed by atoms with E-state index in [2.05, 4.69) is 46.7 Å². The van der Waals surface area contributed by atoms with Gasteiger partial charge in [0, 0.05) is 37.8 Å². The Morgan fingerprint density at radius 3 is 2.72 bits per heavy atom. The van der Waals surface area contributed by atoms with Crippen LogP contribution >= 0.6 is 0 Å². The van der Waals surface area contributed by atoms with E-state index >= 15 is 0 Å². The molecule has 5 heteroatoms. The van der Waals surface area contributed by atoms with Crippen LogP contribution in [-0.4, -0.2) is 29.9 Å². The molecule has 0 spiro atoms. The minimum atomic E-state index is -0.425. The summed E-state index contributed by atoms with van der Waals surface area (Å²) in [5, 5.41) is 5.98. The van der Waals surface area contributed by atoms with E-state index in [0.29, 0.717) is 12.1 Å². The van der Waals surface area contributed by atoms with Gasteiger partial charge in [0.2, 0.25) is 5.91 Å². The molecule has 1 aliphatic heterocycles. The van der Waals surface area contributed by atoms with Crippen LogP contribution in [0.1, 0.15) is 31.9 Å². The first-order chi connectivity index (χ1) is 12.0. The predicted molar refractivity (Wildman–Crippen MR) is 99.2 cm³/mol. The SMILES string of the molecule is CC(=O)Nc1cc(N[C@@H]2CCN([C@@H](C)c3ccccc3)C2)ccc1F. The third kappa shape index (κ3) is 4.37. The van der Waals surface area contributed by atoms with Crippen molar-refractivity contribution in [2.24, 2.45) is 0 Å². The van der Waals surface area contributed by atoms with Gasteiger partial charge in [-0.15, -0.1) is 0 Å². The van der Waals surface area contributed by atoms with Gasteiger partial charge in [-0.25, -0.2) is 4.39 Å². The number of nitrogens with one attached hydrogen (secondary N) is 2. The van der Waals surface area contributed by atoms with Crippen LogP contribution in [0.25, 0.3) is 0 Å². The zero-order valence-corrected chi connectivity index (χ0v) is 14.6. The third-order valence-corrected chi connectivity index (χ3v) is 4.70. The number of amides is 1. The zero-order chi connectivity index (χ0) is 17.8. The Kier molecular flexibility index (Phi) is 5.34. The molecule has 132 valence electrons. The Hall–Kier alpha value is -2.40. The van der Waals surface area contributed by atoms with Crippen LogP contribution in [-0.2, 0) is 4.79 Å². The molecule has 1 fully saturated rings. The molecule has 2 atom stereocenters. The van der Waals surface area contributed by atoms with Gasteiger partial charge in [-0.1, -0.05) is 30.3 Å². The first kappa shape index (κ1) is 17.4. The minimum absolute atomic E-state index is 0.213. The molecule has 2 aromatic rings. The zero-order valence-electron chi connectivity index (χ0n) is 14.6. The Balaban J connectivity index is 1.62. The van der Waals surface area contributed by atoms with Gasteiger partial charge in [0.25, 0.3) is 0 Å². The fourth-order valence-electron chi connectivity index (χ4n) is 3.34. The molecule has 1 saturated heterocycles. The highest BCUT2D eigenvalue weighted by molar-refractivity contribution is 5.89. The number of benzene rings is 2. The van der Waals surface area contributed by atoms with Crippen molar-refractivity contribution in [1.29, 1.82) is 0 Å². The van der Waals surface area contributed by atoms with E-state index in [1.807, 2.05) is 6.07 Å². The second-order valence-electron chi connectivity index (χ2n) is 6.59. The molecule has 2 aromatic carbocycles. The Bertz CT molecular complexity index is 735. The maximum Gasteiger partial charge on any atom is 0.221 e. The second kappa shape index (κ2) is 7.66. The fourth-order valence-corrected chi connectivity index (χ4v) is 3.34. The van der Waals surface area contributed by atoms with E-state index in [1.54, 1.807) is 12.1 Å². The number of hydrogen-bond acceptors (Lipinski definition) is 3. The Morgan fingerprint density at radius 1 is 1.24 bits per heavy atom. The minimum Gasteiger partial charge on any atom is -0.381 e. The van der Waals surface area contributed by atoms with Gasteiger partial charge in [-0.2, -0.15) is 0 Å². The number of carbonyl (C=O) groups is 1. The lowest BCUT2D eigenvalue weighted by Gasteiger charge is -2.25. The van der Waals surface area contributed by atoms with E-state index in [4.69, 9.17) is 0 Å². The summed E-state index contributed by atoms with van der Waals surface area (Å²) in [5.74, 6) is -0.703. The van der Waals surface area contributed by atoms with Gasteiger partial charge in [0.15, 0.2) is 0 Å². The standard InChI is InChI=1S/C20H24FN3O/c1-14(16-6-4-3-5-7-16)24-11-10-18(13-24)23-17-8-9-19(21)20(12-17)22-15(2)25/h3-9,12,14,18,23H,10-11,13H2,1-2H3,(H,22,25)/t14-,18+/m0/s1. The molecule has 0 saturated carbocycles. The lowest BCUT2D eigenvalue weighted by molar-refractivity contribution is -0.114. The molecule has 4 nitrogen and oxygen atoms in total. The topological polar surface area (TPSA) is 44.4 Å². The maximum atomic E-state index is 13.7. The first-order valence-corrected chi connectivity index (χ1v) is 8.65. The van der Waals surface area contributed by atoms with Crippen molar-refractivity contribution in [3.63, 3.8) is 0 Å². The van der Waals surface area contributed by atoms with Gasteiger partial charge in [-0.05, 0) is 37.1 Å². The van der Waals surface area contributed by atoms with Crippen LogP contribution < -0.4 is 10.6 Å². The van der Waals surface area contributed by atoms with Gasteiger partial charge in [0.1, 0.15) is 5.82 Å². The summed E-state index contributed by atoms with van der Waals surface area (Å²) < 4.78 is 13.7. The van der Waals surface area contributed by atoms with Crippen molar-refractivity contribution < 1.29 is 9.18 Å². The third-order valence-electron chi connectivity index (χ3n) is 4.70. The molecule has 0 bridgehead atoms. The van der Waals surface area contributed by atoms with E-state index < -0.39 is 5.82 Å². The summed E-state index contributed by atoms with van der Waals surface area (Å²) in [6.07, 6.45) is 1.03. The summed E-state index contributed by atoms with van der Waals surface area (Å²) in [6, 6.07) is 15.9. The summed E-state index contributed by atoms with van der Waals surface area (Å²) in [5.41, 5.74) is 2.35. The number of anilines is 2. The summed E-state index contributed by atoms with van der Waals surface area (Å²) in [6.45, 7) is 5.56. The molecule has 0 aliphatic carbocycles. The molecule has 0 unspecified atom stereocenters. The summed E-state index contributed by atoms with van der Waals surface area (Å²) in [4.78, 5) is 13.6. The van der Waals surface area contributed by atoms with Crippen LogP contribution in [0.15, 0.2) is 48.5 Å². The molecule has 0 radical (unpaired) electrons. The second-order valence-corrected chi connectivity index (χ2v) is 6.59. The average Bonchev–Trinajstić information content (AvgIpc) is 3.06. The van der Waals surface area contributed by atoms with Gasteiger partial charge in [-0.3, -0.25) is 9.69 Å². The van der Waals surface area contributed by atoms with Gasteiger partial charge >= 0.3 is 0 Å². The smallest absolute Gasteiger partial charge is 0.221 e. The number of nitrogens with zero attached hydrogens (tertiary/aromatic N) is 1. The van der Waals surface area contributed by atoms with Crippen molar-refractivity contribution in [3.8, 4) is 0 Å². The van der Waals surface area contributed by atoms with Gasteiger partial charge in [0.05, 0.1) is 5.69 Å². The maximum absolute atomic E-state index is 13.7. The van der Waals surface area contributed by atoms with Crippen LogP contribution in [0.5, 0.6) is 0 Å². The number of rotatable bonds is 5. The van der Waals surface area contributed by atoms with E-state index in [1.165, 1.54) is 18.6 Å². The number of carbonyl (C=O) groups excluding carboxylic acids is 1. The van der Waals surface area contributed by atoms with Crippen LogP contribution in [0.2, 0.25) is 0 Å². The number of hydrogen-bond donors (Lipinski definition) is 2.